The number of aldehydes is 1. The SMILES string of the molecule is CC(=O)N1CCc2cc(C(C)C=O)ccc21. The number of benzene rings is 1. The first-order valence-electron chi connectivity index (χ1n) is 5.49. The third kappa shape index (κ3) is 1.73. The van der Waals surface area contributed by atoms with Gasteiger partial charge in [0, 0.05) is 25.1 Å². The monoisotopic (exact) mass is 217 g/mol. The number of amides is 1. The number of rotatable bonds is 2. The van der Waals surface area contributed by atoms with E-state index in [1.54, 1.807) is 11.8 Å². The van der Waals surface area contributed by atoms with Gasteiger partial charge in [0.2, 0.25) is 5.91 Å². The van der Waals surface area contributed by atoms with Crippen molar-refractivity contribution in [3.63, 3.8) is 0 Å². The van der Waals surface area contributed by atoms with Crippen LogP contribution >= 0.6 is 0 Å². The Labute approximate surface area is 95.1 Å². The van der Waals surface area contributed by atoms with Gasteiger partial charge in [0.15, 0.2) is 0 Å². The van der Waals surface area contributed by atoms with E-state index < -0.39 is 0 Å². The molecular formula is C13H15NO2. The molecular weight excluding hydrogens is 202 g/mol. The molecule has 0 saturated heterocycles. The van der Waals surface area contributed by atoms with Crippen molar-refractivity contribution < 1.29 is 9.59 Å². The van der Waals surface area contributed by atoms with E-state index in [4.69, 9.17) is 0 Å². The number of hydrogen-bond acceptors (Lipinski definition) is 2. The first-order chi connectivity index (χ1) is 7.63. The minimum atomic E-state index is -0.0725. The van der Waals surface area contributed by atoms with Crippen molar-refractivity contribution in [2.45, 2.75) is 26.2 Å². The fourth-order valence-corrected chi connectivity index (χ4v) is 2.11. The second-order valence-corrected chi connectivity index (χ2v) is 4.23. The molecule has 0 N–H and O–H groups in total. The Morgan fingerprint density at radius 2 is 2.25 bits per heavy atom. The molecule has 1 aromatic rings. The number of anilines is 1. The number of nitrogens with zero attached hydrogens (tertiary/aromatic N) is 1. The molecule has 2 rings (SSSR count). The van der Waals surface area contributed by atoms with Gasteiger partial charge in [-0.05, 0) is 23.6 Å². The maximum Gasteiger partial charge on any atom is 0.223 e. The van der Waals surface area contributed by atoms with Crippen LogP contribution in [0.15, 0.2) is 18.2 Å². The van der Waals surface area contributed by atoms with Gasteiger partial charge in [0.1, 0.15) is 6.29 Å². The number of carbonyl (C=O) groups is 2. The Morgan fingerprint density at radius 3 is 2.88 bits per heavy atom. The maximum atomic E-state index is 11.4. The standard InChI is InChI=1S/C13H15NO2/c1-9(8-15)11-3-4-13-12(7-11)5-6-14(13)10(2)16/h3-4,7-9H,5-6H2,1-2H3. The van der Waals surface area contributed by atoms with Crippen LogP contribution in [0, 0.1) is 0 Å². The molecule has 16 heavy (non-hydrogen) atoms. The Morgan fingerprint density at radius 1 is 1.50 bits per heavy atom. The maximum absolute atomic E-state index is 11.4. The largest absolute Gasteiger partial charge is 0.312 e. The Bertz CT molecular complexity index is 440. The Balaban J connectivity index is 2.36. The number of hydrogen-bond donors (Lipinski definition) is 0. The Hall–Kier alpha value is -1.64. The van der Waals surface area contributed by atoms with Gasteiger partial charge in [-0.3, -0.25) is 4.79 Å². The summed E-state index contributed by atoms with van der Waals surface area (Å²) in [5.74, 6) is 0.00612. The molecule has 1 amide bonds. The number of fused-ring (bicyclic) bond motifs is 1. The highest BCUT2D eigenvalue weighted by atomic mass is 16.2. The summed E-state index contributed by atoms with van der Waals surface area (Å²) in [6.45, 7) is 4.22. The molecule has 0 spiro atoms. The van der Waals surface area contributed by atoms with Crippen molar-refractivity contribution in [2.24, 2.45) is 0 Å². The molecule has 3 nitrogen and oxygen atoms in total. The topological polar surface area (TPSA) is 37.4 Å². The summed E-state index contributed by atoms with van der Waals surface area (Å²) in [6.07, 6.45) is 1.83. The molecule has 1 atom stereocenters. The highest BCUT2D eigenvalue weighted by molar-refractivity contribution is 5.93. The highest BCUT2D eigenvalue weighted by Crippen LogP contribution is 2.30. The third-order valence-electron chi connectivity index (χ3n) is 3.11. The Kier molecular flexibility index (Phi) is 2.77. The van der Waals surface area contributed by atoms with Crippen LogP contribution in [-0.2, 0) is 16.0 Å². The van der Waals surface area contributed by atoms with E-state index in [9.17, 15) is 9.59 Å². The van der Waals surface area contributed by atoms with Crippen LogP contribution in [0.2, 0.25) is 0 Å². The molecule has 84 valence electrons. The molecule has 3 heteroatoms. The zero-order chi connectivity index (χ0) is 11.7. The number of carbonyl (C=O) groups excluding carboxylic acids is 2. The lowest BCUT2D eigenvalue weighted by molar-refractivity contribution is -0.116. The predicted molar refractivity (Wildman–Crippen MR) is 62.7 cm³/mol. The summed E-state index contributed by atoms with van der Waals surface area (Å²) in [5, 5.41) is 0. The minimum Gasteiger partial charge on any atom is -0.312 e. The lowest BCUT2D eigenvalue weighted by Crippen LogP contribution is -2.25. The second-order valence-electron chi connectivity index (χ2n) is 4.23. The van der Waals surface area contributed by atoms with Crippen molar-refractivity contribution in [2.75, 3.05) is 11.4 Å². The molecule has 0 aliphatic carbocycles. The summed E-state index contributed by atoms with van der Waals surface area (Å²) in [5.41, 5.74) is 3.19. The van der Waals surface area contributed by atoms with Crippen LogP contribution in [0.25, 0.3) is 0 Å². The zero-order valence-electron chi connectivity index (χ0n) is 9.56. The van der Waals surface area contributed by atoms with Crippen molar-refractivity contribution in [3.05, 3.63) is 29.3 Å². The molecule has 0 saturated carbocycles. The van der Waals surface area contributed by atoms with Crippen LogP contribution < -0.4 is 4.90 Å². The first-order valence-corrected chi connectivity index (χ1v) is 5.49. The van der Waals surface area contributed by atoms with Crippen molar-refractivity contribution in [3.8, 4) is 0 Å². The van der Waals surface area contributed by atoms with Gasteiger partial charge in [0.25, 0.3) is 0 Å². The van der Waals surface area contributed by atoms with E-state index in [1.807, 2.05) is 25.1 Å². The van der Waals surface area contributed by atoms with Crippen LogP contribution in [0.5, 0.6) is 0 Å². The molecule has 1 aliphatic rings. The van der Waals surface area contributed by atoms with Gasteiger partial charge in [-0.2, -0.15) is 0 Å². The molecule has 0 aromatic heterocycles. The fraction of sp³-hybridized carbons (Fsp3) is 0.385. The molecule has 1 unspecified atom stereocenters. The average molecular weight is 217 g/mol. The van der Waals surface area contributed by atoms with Crippen molar-refractivity contribution >= 4 is 17.9 Å². The van der Waals surface area contributed by atoms with Crippen LogP contribution in [0.1, 0.15) is 30.9 Å². The second kappa shape index (κ2) is 4.08. The molecule has 0 radical (unpaired) electrons. The highest BCUT2D eigenvalue weighted by Gasteiger charge is 2.22. The van der Waals surface area contributed by atoms with E-state index in [2.05, 4.69) is 0 Å². The van der Waals surface area contributed by atoms with E-state index in [1.165, 1.54) is 5.56 Å². The van der Waals surface area contributed by atoms with Gasteiger partial charge in [-0.15, -0.1) is 0 Å². The first kappa shape index (κ1) is 10.9. The smallest absolute Gasteiger partial charge is 0.223 e. The van der Waals surface area contributed by atoms with E-state index in [0.29, 0.717) is 0 Å². The minimum absolute atomic E-state index is 0.0725. The summed E-state index contributed by atoms with van der Waals surface area (Å²) in [6, 6.07) is 5.91. The molecule has 0 bridgehead atoms. The van der Waals surface area contributed by atoms with Crippen molar-refractivity contribution in [1.82, 2.24) is 0 Å². The van der Waals surface area contributed by atoms with E-state index in [-0.39, 0.29) is 11.8 Å². The van der Waals surface area contributed by atoms with Gasteiger partial charge < -0.3 is 9.69 Å². The van der Waals surface area contributed by atoms with Crippen LogP contribution in [-0.4, -0.2) is 18.7 Å². The molecule has 1 heterocycles. The third-order valence-corrected chi connectivity index (χ3v) is 3.11. The predicted octanol–water partition coefficient (Wildman–Crippen LogP) is 1.90. The zero-order valence-corrected chi connectivity index (χ0v) is 9.56. The van der Waals surface area contributed by atoms with Crippen LogP contribution in [0.3, 0.4) is 0 Å². The van der Waals surface area contributed by atoms with Crippen molar-refractivity contribution in [1.29, 1.82) is 0 Å². The lowest BCUT2D eigenvalue weighted by Gasteiger charge is -2.15. The molecule has 1 aromatic carbocycles. The average Bonchev–Trinajstić information content (AvgIpc) is 2.70. The van der Waals surface area contributed by atoms with Gasteiger partial charge in [0.05, 0.1) is 0 Å². The van der Waals surface area contributed by atoms with Gasteiger partial charge in [-0.25, -0.2) is 0 Å². The molecule has 0 fully saturated rings. The lowest BCUT2D eigenvalue weighted by atomic mass is 9.99. The van der Waals surface area contributed by atoms with E-state index >= 15 is 0 Å². The van der Waals surface area contributed by atoms with Gasteiger partial charge in [-0.1, -0.05) is 19.1 Å². The van der Waals surface area contributed by atoms with Crippen LogP contribution in [0.4, 0.5) is 5.69 Å². The van der Waals surface area contributed by atoms with E-state index in [0.717, 1.165) is 30.5 Å². The summed E-state index contributed by atoms with van der Waals surface area (Å²) >= 11 is 0. The normalized spacial score (nSPS) is 15.8. The summed E-state index contributed by atoms with van der Waals surface area (Å²) in [7, 11) is 0. The quantitative estimate of drug-likeness (QED) is 0.709. The van der Waals surface area contributed by atoms with Gasteiger partial charge >= 0.3 is 0 Å². The summed E-state index contributed by atoms with van der Waals surface area (Å²) in [4.78, 5) is 23.8. The molecule has 1 aliphatic heterocycles. The summed E-state index contributed by atoms with van der Waals surface area (Å²) < 4.78 is 0. The fourth-order valence-electron chi connectivity index (χ4n) is 2.11.